The molecule has 0 saturated heterocycles. The third-order valence-electron chi connectivity index (χ3n) is 3.49. The summed E-state index contributed by atoms with van der Waals surface area (Å²) in [4.78, 5) is 0.235. The predicted molar refractivity (Wildman–Crippen MR) is 109 cm³/mol. The first-order valence-corrected chi connectivity index (χ1v) is 11.6. The van der Waals surface area contributed by atoms with Crippen molar-refractivity contribution in [3.05, 3.63) is 64.2 Å². The van der Waals surface area contributed by atoms with Gasteiger partial charge in [-0.15, -0.1) is 22.7 Å². The minimum Gasteiger partial charge on any atom is -0.493 e. The fourth-order valence-electron chi connectivity index (χ4n) is 2.24. The molecular weight excluding hydrogens is 408 g/mol. The molecule has 2 heterocycles. The average molecular weight is 425 g/mol. The van der Waals surface area contributed by atoms with Crippen LogP contribution in [0.4, 0.5) is 0 Å². The van der Waals surface area contributed by atoms with Crippen LogP contribution in [0, 0.1) is 0 Å². The first kappa shape index (κ1) is 19.0. The molecule has 0 bridgehead atoms. The molecule has 3 aromatic rings. The van der Waals surface area contributed by atoms with Gasteiger partial charge < -0.3 is 9.47 Å². The zero-order valence-corrected chi connectivity index (χ0v) is 17.3. The van der Waals surface area contributed by atoms with Gasteiger partial charge >= 0.3 is 0 Å². The largest absolute Gasteiger partial charge is 0.493 e. The third-order valence-corrected chi connectivity index (χ3v) is 8.81. The summed E-state index contributed by atoms with van der Waals surface area (Å²) in [6, 6.07) is 12.4. The highest BCUT2D eigenvalue weighted by Gasteiger charge is 2.24. The number of benzene rings is 1. The SMILES string of the molecule is COc1ccc(/C(=C\Sc2cccs2)S(=O)(=O)c2cccs2)cc1OC. The van der Waals surface area contributed by atoms with Crippen molar-refractivity contribution in [2.45, 2.75) is 8.42 Å². The highest BCUT2D eigenvalue weighted by molar-refractivity contribution is 8.07. The summed E-state index contributed by atoms with van der Waals surface area (Å²) in [6.45, 7) is 0. The van der Waals surface area contributed by atoms with Crippen LogP contribution in [0.3, 0.4) is 0 Å². The molecule has 0 N–H and O–H groups in total. The number of thiophene rings is 2. The van der Waals surface area contributed by atoms with Crippen molar-refractivity contribution in [2.75, 3.05) is 14.2 Å². The summed E-state index contributed by atoms with van der Waals surface area (Å²) in [6.07, 6.45) is 0. The topological polar surface area (TPSA) is 52.6 Å². The van der Waals surface area contributed by atoms with Crippen LogP contribution in [0.1, 0.15) is 5.56 Å². The molecule has 26 heavy (non-hydrogen) atoms. The number of thioether (sulfide) groups is 1. The molecular formula is C18H16O4S4. The van der Waals surface area contributed by atoms with E-state index in [-0.39, 0.29) is 4.91 Å². The molecule has 0 aliphatic carbocycles. The quantitative estimate of drug-likeness (QED) is 0.476. The van der Waals surface area contributed by atoms with E-state index >= 15 is 0 Å². The molecule has 0 aliphatic heterocycles. The van der Waals surface area contributed by atoms with E-state index in [2.05, 4.69) is 0 Å². The lowest BCUT2D eigenvalue weighted by molar-refractivity contribution is 0.355. The van der Waals surface area contributed by atoms with Crippen molar-refractivity contribution in [1.82, 2.24) is 0 Å². The van der Waals surface area contributed by atoms with Crippen LogP contribution in [0.15, 0.2) is 67.1 Å². The maximum atomic E-state index is 13.2. The molecule has 0 unspecified atom stereocenters. The zero-order valence-electron chi connectivity index (χ0n) is 14.0. The van der Waals surface area contributed by atoms with Crippen molar-refractivity contribution in [2.24, 2.45) is 0 Å². The molecule has 136 valence electrons. The Morgan fingerprint density at radius 3 is 2.35 bits per heavy atom. The smallest absolute Gasteiger partial charge is 0.217 e. The summed E-state index contributed by atoms with van der Waals surface area (Å²) in [5.41, 5.74) is 0.556. The van der Waals surface area contributed by atoms with E-state index in [0.29, 0.717) is 21.3 Å². The number of hydrogen-bond acceptors (Lipinski definition) is 7. The summed E-state index contributed by atoms with van der Waals surface area (Å²) >= 11 is 4.15. The fourth-order valence-corrected chi connectivity index (χ4v) is 6.69. The molecule has 0 atom stereocenters. The van der Waals surface area contributed by atoms with Gasteiger partial charge in [-0.1, -0.05) is 23.9 Å². The maximum Gasteiger partial charge on any atom is 0.217 e. The van der Waals surface area contributed by atoms with E-state index in [1.165, 1.54) is 30.2 Å². The van der Waals surface area contributed by atoms with Gasteiger partial charge in [0, 0.05) is 0 Å². The lowest BCUT2D eigenvalue weighted by Crippen LogP contribution is -2.03. The van der Waals surface area contributed by atoms with Gasteiger partial charge in [-0.05, 0) is 52.1 Å². The lowest BCUT2D eigenvalue weighted by atomic mass is 10.2. The Hall–Kier alpha value is -1.74. The van der Waals surface area contributed by atoms with Gasteiger partial charge in [-0.3, -0.25) is 0 Å². The zero-order chi connectivity index (χ0) is 18.6. The molecule has 3 rings (SSSR count). The van der Waals surface area contributed by atoms with Crippen LogP contribution >= 0.6 is 34.4 Å². The second-order valence-electron chi connectivity index (χ2n) is 5.04. The highest BCUT2D eigenvalue weighted by atomic mass is 32.2. The summed E-state index contributed by atoms with van der Waals surface area (Å²) < 4.78 is 38.2. The number of ether oxygens (including phenoxy) is 2. The van der Waals surface area contributed by atoms with Gasteiger partial charge in [0.15, 0.2) is 11.5 Å². The summed E-state index contributed by atoms with van der Waals surface area (Å²) in [5, 5.41) is 5.40. The third kappa shape index (κ3) is 3.98. The van der Waals surface area contributed by atoms with E-state index in [9.17, 15) is 8.42 Å². The van der Waals surface area contributed by atoms with Gasteiger partial charge in [0.25, 0.3) is 0 Å². The molecule has 0 radical (unpaired) electrons. The van der Waals surface area contributed by atoms with E-state index in [1.54, 1.807) is 59.6 Å². The average Bonchev–Trinajstić information content (AvgIpc) is 3.35. The minimum absolute atomic E-state index is 0.235. The van der Waals surface area contributed by atoms with Crippen molar-refractivity contribution in [3.63, 3.8) is 0 Å². The van der Waals surface area contributed by atoms with Gasteiger partial charge in [-0.25, -0.2) is 8.42 Å². The first-order chi connectivity index (χ1) is 12.6. The normalized spacial score (nSPS) is 12.2. The van der Waals surface area contributed by atoms with E-state index in [4.69, 9.17) is 9.47 Å². The lowest BCUT2D eigenvalue weighted by Gasteiger charge is -2.12. The van der Waals surface area contributed by atoms with Gasteiger partial charge in [0.1, 0.15) is 4.21 Å². The summed E-state index contributed by atoms with van der Waals surface area (Å²) in [7, 11) is -0.570. The monoisotopic (exact) mass is 424 g/mol. The standard InChI is InChI=1S/C18H16O4S4/c1-21-14-8-7-13(11-15(14)22-2)16(12-25-17-5-3-9-23-17)26(19,20)18-6-4-10-24-18/h3-12H,1-2H3/b16-12+. The number of methoxy groups -OCH3 is 2. The van der Waals surface area contributed by atoms with Gasteiger partial charge in [0.05, 0.1) is 23.3 Å². The Morgan fingerprint density at radius 2 is 1.73 bits per heavy atom. The Balaban J connectivity index is 2.10. The molecule has 0 saturated carbocycles. The van der Waals surface area contributed by atoms with Crippen LogP contribution in [0.25, 0.3) is 4.91 Å². The minimum atomic E-state index is -3.64. The molecule has 8 heteroatoms. The first-order valence-electron chi connectivity index (χ1n) is 7.47. The Morgan fingerprint density at radius 1 is 1.00 bits per heavy atom. The van der Waals surface area contributed by atoms with E-state index in [0.717, 1.165) is 4.21 Å². The number of sulfone groups is 1. The molecule has 1 aromatic carbocycles. The fraction of sp³-hybridized carbons (Fsp3) is 0.111. The van der Waals surface area contributed by atoms with Crippen molar-refractivity contribution < 1.29 is 17.9 Å². The van der Waals surface area contributed by atoms with Crippen molar-refractivity contribution in [1.29, 1.82) is 0 Å². The van der Waals surface area contributed by atoms with E-state index in [1.807, 2.05) is 17.5 Å². The van der Waals surface area contributed by atoms with Crippen LogP contribution < -0.4 is 9.47 Å². The number of hydrogen-bond donors (Lipinski definition) is 0. The second-order valence-corrected chi connectivity index (χ2v) is 10.2. The Kier molecular flexibility index (Phi) is 6.08. The number of rotatable bonds is 7. The molecule has 4 nitrogen and oxygen atoms in total. The van der Waals surface area contributed by atoms with Crippen LogP contribution in [-0.2, 0) is 9.84 Å². The van der Waals surface area contributed by atoms with Crippen LogP contribution in [0.2, 0.25) is 0 Å². The molecule has 0 amide bonds. The Labute approximate surface area is 165 Å². The molecule has 2 aromatic heterocycles. The maximum absolute atomic E-state index is 13.2. The molecule has 0 fully saturated rings. The summed E-state index contributed by atoms with van der Waals surface area (Å²) in [5.74, 6) is 1.04. The second kappa shape index (κ2) is 8.30. The van der Waals surface area contributed by atoms with Crippen molar-refractivity contribution in [3.8, 4) is 11.5 Å². The molecule has 0 aliphatic rings. The van der Waals surface area contributed by atoms with Gasteiger partial charge in [-0.2, -0.15) is 0 Å². The predicted octanol–water partition coefficient (Wildman–Crippen LogP) is 5.39. The van der Waals surface area contributed by atoms with E-state index < -0.39 is 9.84 Å². The van der Waals surface area contributed by atoms with Crippen molar-refractivity contribution >= 4 is 49.2 Å². The van der Waals surface area contributed by atoms with Gasteiger partial charge in [0.2, 0.25) is 9.84 Å². The molecule has 0 spiro atoms. The van der Waals surface area contributed by atoms with Crippen LogP contribution in [0.5, 0.6) is 11.5 Å². The highest BCUT2D eigenvalue weighted by Crippen LogP contribution is 2.38. The van der Waals surface area contributed by atoms with Crippen LogP contribution in [-0.4, -0.2) is 22.6 Å². The Bertz CT molecular complexity index is 988.